The van der Waals surface area contributed by atoms with Gasteiger partial charge in [0.2, 0.25) is 11.8 Å². The maximum Gasteiger partial charge on any atom is 0.253 e. The van der Waals surface area contributed by atoms with Crippen molar-refractivity contribution in [1.29, 1.82) is 0 Å². The van der Waals surface area contributed by atoms with Crippen molar-refractivity contribution in [3.63, 3.8) is 0 Å². The first-order chi connectivity index (χ1) is 14.5. The molecule has 0 aliphatic carbocycles. The van der Waals surface area contributed by atoms with Crippen LogP contribution < -0.4 is 10.6 Å². The average molecular weight is 471 g/mol. The summed E-state index contributed by atoms with van der Waals surface area (Å²) in [7, 11) is 4.03. The van der Waals surface area contributed by atoms with E-state index in [-0.39, 0.29) is 40.3 Å². The number of benzene rings is 1. The minimum atomic E-state index is -0.426. The van der Waals surface area contributed by atoms with Gasteiger partial charge in [0.1, 0.15) is 0 Å². The van der Waals surface area contributed by atoms with Gasteiger partial charge < -0.3 is 20.4 Å². The molecule has 0 spiro atoms. The number of amides is 3. The lowest BCUT2D eigenvalue weighted by molar-refractivity contribution is -0.134. The zero-order valence-electron chi connectivity index (χ0n) is 18.6. The number of nitrogens with one attached hydrogen (secondary N) is 2. The van der Waals surface area contributed by atoms with E-state index in [2.05, 4.69) is 29.4 Å². The lowest BCUT2D eigenvalue weighted by Crippen LogP contribution is -2.47. The Kier molecular flexibility index (Phi) is 9.15. The number of likely N-dealkylation sites (tertiary alicyclic amines) is 1. The van der Waals surface area contributed by atoms with Gasteiger partial charge in [-0.05, 0) is 50.6 Å². The molecular formula is C22H32Cl2N4O3. The van der Waals surface area contributed by atoms with Crippen LogP contribution in [0, 0.1) is 11.3 Å². The maximum atomic E-state index is 12.5. The summed E-state index contributed by atoms with van der Waals surface area (Å²) in [6.45, 7) is 6.62. The van der Waals surface area contributed by atoms with Gasteiger partial charge in [-0.1, -0.05) is 37.0 Å². The third kappa shape index (κ3) is 7.98. The van der Waals surface area contributed by atoms with Gasteiger partial charge in [-0.25, -0.2) is 0 Å². The fraction of sp³-hybridized carbons (Fsp3) is 0.591. The van der Waals surface area contributed by atoms with E-state index in [4.69, 9.17) is 23.2 Å². The van der Waals surface area contributed by atoms with Crippen molar-refractivity contribution in [2.45, 2.75) is 26.7 Å². The number of rotatable bonds is 8. The molecule has 1 fully saturated rings. The molecule has 172 valence electrons. The number of hydrogen-bond acceptors (Lipinski definition) is 4. The first-order valence-electron chi connectivity index (χ1n) is 10.4. The molecule has 0 saturated carbocycles. The van der Waals surface area contributed by atoms with Crippen molar-refractivity contribution in [3.05, 3.63) is 33.8 Å². The Morgan fingerprint density at radius 1 is 1.13 bits per heavy atom. The standard InChI is InChI=1S/C22H32Cl2N4O3/c1-22(2,14-27(3)4)13-26-20(30)15-7-9-28(10-8-15)19(29)12-25-21(31)17-6-5-16(23)11-18(17)24/h5-6,11,15H,7-10,12-14H2,1-4H3,(H,25,31)(H,26,30). The van der Waals surface area contributed by atoms with Gasteiger partial charge >= 0.3 is 0 Å². The number of nitrogens with zero attached hydrogens (tertiary/aromatic N) is 2. The summed E-state index contributed by atoms with van der Waals surface area (Å²) in [5, 5.41) is 6.33. The zero-order chi connectivity index (χ0) is 23.2. The second-order valence-corrected chi connectivity index (χ2v) is 9.93. The van der Waals surface area contributed by atoms with Crippen LogP contribution in [0.5, 0.6) is 0 Å². The molecule has 2 rings (SSSR count). The SMILES string of the molecule is CN(C)CC(C)(C)CNC(=O)C1CCN(C(=O)CNC(=O)c2ccc(Cl)cc2Cl)CC1. The Balaban J connectivity index is 1.75. The Bertz CT molecular complexity index is 806. The number of hydrogen-bond donors (Lipinski definition) is 2. The maximum absolute atomic E-state index is 12.5. The highest BCUT2D eigenvalue weighted by atomic mass is 35.5. The molecule has 1 aliphatic rings. The van der Waals surface area contributed by atoms with Crippen LogP contribution in [0.3, 0.4) is 0 Å². The predicted molar refractivity (Wildman–Crippen MR) is 123 cm³/mol. The summed E-state index contributed by atoms with van der Waals surface area (Å²) in [4.78, 5) is 41.0. The van der Waals surface area contributed by atoms with Gasteiger partial charge in [0.15, 0.2) is 0 Å². The first-order valence-corrected chi connectivity index (χ1v) is 11.2. The smallest absolute Gasteiger partial charge is 0.253 e. The van der Waals surface area contributed by atoms with Crippen molar-refractivity contribution < 1.29 is 14.4 Å². The van der Waals surface area contributed by atoms with E-state index in [1.165, 1.54) is 12.1 Å². The number of halogens is 2. The van der Waals surface area contributed by atoms with Gasteiger partial charge in [0, 0.05) is 37.1 Å². The molecule has 9 heteroatoms. The normalized spacial score (nSPS) is 15.1. The molecule has 0 radical (unpaired) electrons. The van der Waals surface area contributed by atoms with Crippen LogP contribution in [-0.2, 0) is 9.59 Å². The summed E-state index contributed by atoms with van der Waals surface area (Å²) in [5.41, 5.74) is 0.257. The second kappa shape index (κ2) is 11.2. The third-order valence-electron chi connectivity index (χ3n) is 5.28. The molecule has 0 aromatic heterocycles. The third-order valence-corrected chi connectivity index (χ3v) is 5.83. The highest BCUT2D eigenvalue weighted by Gasteiger charge is 2.29. The largest absolute Gasteiger partial charge is 0.355 e. The molecule has 1 aromatic carbocycles. The lowest BCUT2D eigenvalue weighted by Gasteiger charge is -2.33. The quantitative estimate of drug-likeness (QED) is 0.611. The molecule has 0 bridgehead atoms. The van der Waals surface area contributed by atoms with E-state index >= 15 is 0 Å². The highest BCUT2D eigenvalue weighted by molar-refractivity contribution is 6.36. The van der Waals surface area contributed by atoms with Gasteiger partial charge in [-0.3, -0.25) is 14.4 Å². The summed E-state index contributed by atoms with van der Waals surface area (Å²) in [6, 6.07) is 4.58. The Morgan fingerprint density at radius 3 is 2.35 bits per heavy atom. The molecule has 1 saturated heterocycles. The van der Waals surface area contributed by atoms with Crippen LogP contribution in [0.2, 0.25) is 10.0 Å². The Morgan fingerprint density at radius 2 is 1.77 bits per heavy atom. The van der Waals surface area contributed by atoms with E-state index in [1.54, 1.807) is 11.0 Å². The minimum Gasteiger partial charge on any atom is -0.355 e. The monoisotopic (exact) mass is 470 g/mol. The van der Waals surface area contributed by atoms with Crippen molar-refractivity contribution in [2.75, 3.05) is 46.8 Å². The van der Waals surface area contributed by atoms with Crippen LogP contribution >= 0.6 is 23.2 Å². The highest BCUT2D eigenvalue weighted by Crippen LogP contribution is 2.21. The van der Waals surface area contributed by atoms with Gasteiger partial charge in [-0.2, -0.15) is 0 Å². The molecule has 7 nitrogen and oxygen atoms in total. The average Bonchev–Trinajstić information content (AvgIpc) is 2.69. The summed E-state index contributed by atoms with van der Waals surface area (Å²) < 4.78 is 0. The molecular weight excluding hydrogens is 439 g/mol. The first kappa shape index (κ1) is 25.4. The minimum absolute atomic E-state index is 0.0129. The van der Waals surface area contributed by atoms with Gasteiger partial charge in [0.25, 0.3) is 5.91 Å². The van der Waals surface area contributed by atoms with E-state index in [0.717, 1.165) is 6.54 Å². The Hall–Kier alpha value is -1.83. The predicted octanol–water partition coefficient (Wildman–Crippen LogP) is 2.67. The second-order valence-electron chi connectivity index (χ2n) is 9.08. The van der Waals surface area contributed by atoms with Crippen LogP contribution in [0.1, 0.15) is 37.0 Å². The van der Waals surface area contributed by atoms with Gasteiger partial charge in [0.05, 0.1) is 17.1 Å². The summed E-state index contributed by atoms with van der Waals surface area (Å²) in [5.74, 6) is -0.652. The topological polar surface area (TPSA) is 81.8 Å². The fourth-order valence-corrected chi connectivity index (χ4v) is 4.30. The molecule has 1 aromatic rings. The molecule has 1 aliphatic heterocycles. The Labute approximate surface area is 194 Å². The van der Waals surface area contributed by atoms with E-state index in [9.17, 15) is 14.4 Å². The fourth-order valence-electron chi connectivity index (χ4n) is 3.81. The van der Waals surface area contributed by atoms with Crippen LogP contribution in [0.4, 0.5) is 0 Å². The van der Waals surface area contributed by atoms with Crippen molar-refractivity contribution in [2.24, 2.45) is 11.3 Å². The van der Waals surface area contributed by atoms with Gasteiger partial charge in [-0.15, -0.1) is 0 Å². The molecule has 0 atom stereocenters. The van der Waals surface area contributed by atoms with Crippen LogP contribution in [0.25, 0.3) is 0 Å². The molecule has 1 heterocycles. The summed E-state index contributed by atoms with van der Waals surface area (Å²) >= 11 is 11.9. The van der Waals surface area contributed by atoms with Crippen molar-refractivity contribution in [1.82, 2.24) is 20.4 Å². The lowest BCUT2D eigenvalue weighted by atomic mass is 9.91. The van der Waals surface area contributed by atoms with Crippen LogP contribution in [0.15, 0.2) is 18.2 Å². The molecule has 2 N–H and O–H groups in total. The molecule has 0 unspecified atom stereocenters. The van der Waals surface area contributed by atoms with Crippen molar-refractivity contribution in [3.8, 4) is 0 Å². The number of carbonyl (C=O) groups excluding carboxylic acids is 3. The van der Waals surface area contributed by atoms with E-state index in [1.807, 2.05) is 14.1 Å². The van der Waals surface area contributed by atoms with Crippen LogP contribution in [-0.4, -0.2) is 74.3 Å². The molecule has 31 heavy (non-hydrogen) atoms. The number of piperidine rings is 1. The zero-order valence-corrected chi connectivity index (χ0v) is 20.1. The van der Waals surface area contributed by atoms with E-state index < -0.39 is 5.91 Å². The number of carbonyl (C=O) groups is 3. The van der Waals surface area contributed by atoms with Crippen molar-refractivity contribution >= 4 is 40.9 Å². The summed E-state index contributed by atoms with van der Waals surface area (Å²) in [6.07, 6.45) is 1.23. The molecule has 3 amide bonds. The van der Waals surface area contributed by atoms with E-state index in [0.29, 0.717) is 37.5 Å².